The molecule has 6 nitrogen and oxygen atoms in total. The van der Waals surface area contributed by atoms with Gasteiger partial charge in [0, 0.05) is 0 Å². The van der Waals surface area contributed by atoms with Crippen molar-refractivity contribution in [1.82, 2.24) is 0 Å². The number of Topliss-reactive ketones (excluding diaryl/α,β-unsaturated/α-hetero) is 1. The standard InChI is InChI=1S/C18H19NO5/c1-3-7-14(4-2)24-18(23)16(20)15(17(21)22)10-12-8-5-6-9-13(12)11-19/h5-6,8-10,14H,3-4,7H2,1-2H3,(H,21,22). The van der Waals surface area contributed by atoms with Crippen LogP contribution in [0.25, 0.3) is 6.08 Å². The zero-order chi connectivity index (χ0) is 18.1. The van der Waals surface area contributed by atoms with E-state index in [9.17, 15) is 19.5 Å². The Bertz CT molecular complexity index is 700. The van der Waals surface area contributed by atoms with Crippen LogP contribution in [0.1, 0.15) is 44.2 Å². The number of hydrogen-bond acceptors (Lipinski definition) is 5. The van der Waals surface area contributed by atoms with Gasteiger partial charge >= 0.3 is 11.9 Å². The number of nitrogens with zero attached hydrogens (tertiary/aromatic N) is 1. The predicted molar refractivity (Wildman–Crippen MR) is 86.9 cm³/mol. The van der Waals surface area contributed by atoms with Gasteiger partial charge in [0.05, 0.1) is 11.6 Å². The first-order valence-corrected chi connectivity index (χ1v) is 7.63. The predicted octanol–water partition coefficient (Wildman–Crippen LogP) is 2.72. The number of carboxylic acids is 1. The monoisotopic (exact) mass is 329 g/mol. The van der Waals surface area contributed by atoms with Crippen LogP contribution in [-0.4, -0.2) is 28.9 Å². The summed E-state index contributed by atoms with van der Waals surface area (Å²) in [7, 11) is 0. The van der Waals surface area contributed by atoms with Gasteiger partial charge in [-0.1, -0.05) is 38.5 Å². The van der Waals surface area contributed by atoms with E-state index in [-0.39, 0.29) is 11.1 Å². The van der Waals surface area contributed by atoms with E-state index in [0.29, 0.717) is 12.8 Å². The van der Waals surface area contributed by atoms with E-state index in [1.54, 1.807) is 12.1 Å². The van der Waals surface area contributed by atoms with E-state index in [1.807, 2.05) is 19.9 Å². The fourth-order valence-electron chi connectivity index (χ4n) is 2.09. The van der Waals surface area contributed by atoms with Crippen LogP contribution in [0, 0.1) is 11.3 Å². The van der Waals surface area contributed by atoms with Crippen LogP contribution in [-0.2, 0) is 19.1 Å². The molecule has 126 valence electrons. The normalized spacial score (nSPS) is 12.1. The van der Waals surface area contributed by atoms with Crippen molar-refractivity contribution in [2.75, 3.05) is 0 Å². The first-order valence-electron chi connectivity index (χ1n) is 7.63. The topological polar surface area (TPSA) is 104 Å². The third-order valence-electron chi connectivity index (χ3n) is 3.38. The van der Waals surface area contributed by atoms with Gasteiger partial charge in [-0.25, -0.2) is 9.59 Å². The lowest BCUT2D eigenvalue weighted by molar-refractivity contribution is -0.157. The summed E-state index contributed by atoms with van der Waals surface area (Å²) >= 11 is 0. The number of nitriles is 1. The van der Waals surface area contributed by atoms with Gasteiger partial charge in [-0.3, -0.25) is 4.79 Å². The molecule has 0 fully saturated rings. The zero-order valence-electron chi connectivity index (χ0n) is 13.6. The number of esters is 1. The SMILES string of the molecule is CCCC(CC)OC(=O)C(=O)C(=Cc1ccccc1C#N)C(=O)O. The second-order valence-electron chi connectivity index (χ2n) is 5.12. The molecule has 0 aliphatic carbocycles. The Labute approximate surface area is 140 Å². The summed E-state index contributed by atoms with van der Waals surface area (Å²) < 4.78 is 5.07. The average Bonchev–Trinajstić information content (AvgIpc) is 2.58. The van der Waals surface area contributed by atoms with Gasteiger partial charge in [0.2, 0.25) is 0 Å². The molecule has 1 N–H and O–H groups in total. The van der Waals surface area contributed by atoms with Crippen LogP contribution >= 0.6 is 0 Å². The number of hydrogen-bond donors (Lipinski definition) is 1. The van der Waals surface area contributed by atoms with Gasteiger partial charge in [-0.2, -0.15) is 5.26 Å². The highest BCUT2D eigenvalue weighted by Crippen LogP contribution is 2.15. The highest BCUT2D eigenvalue weighted by Gasteiger charge is 2.28. The summed E-state index contributed by atoms with van der Waals surface area (Å²) in [5, 5.41) is 18.3. The van der Waals surface area contributed by atoms with E-state index < -0.39 is 29.4 Å². The number of ether oxygens (including phenoxy) is 1. The Morgan fingerprint density at radius 1 is 1.29 bits per heavy atom. The molecule has 0 aliphatic heterocycles. The summed E-state index contributed by atoms with van der Waals surface area (Å²) in [5.74, 6) is -3.98. The van der Waals surface area contributed by atoms with E-state index >= 15 is 0 Å². The van der Waals surface area contributed by atoms with Crippen molar-refractivity contribution < 1.29 is 24.2 Å². The molecule has 0 aliphatic rings. The van der Waals surface area contributed by atoms with Gasteiger partial charge in [0.15, 0.2) is 0 Å². The fourth-order valence-corrected chi connectivity index (χ4v) is 2.09. The fraction of sp³-hybridized carbons (Fsp3) is 0.333. The largest absolute Gasteiger partial charge is 0.478 e. The summed E-state index contributed by atoms with van der Waals surface area (Å²) in [6.07, 6.45) is 2.50. The minimum absolute atomic E-state index is 0.204. The lowest BCUT2D eigenvalue weighted by Gasteiger charge is -2.14. The van der Waals surface area contributed by atoms with Gasteiger partial charge in [-0.05, 0) is 30.5 Å². The third-order valence-corrected chi connectivity index (χ3v) is 3.38. The van der Waals surface area contributed by atoms with E-state index in [4.69, 9.17) is 10.00 Å². The van der Waals surface area contributed by atoms with Crippen LogP contribution in [0.4, 0.5) is 0 Å². The maximum Gasteiger partial charge on any atom is 0.380 e. The lowest BCUT2D eigenvalue weighted by Crippen LogP contribution is -2.27. The van der Waals surface area contributed by atoms with Crippen LogP contribution in [0.2, 0.25) is 0 Å². The minimum Gasteiger partial charge on any atom is -0.478 e. The molecule has 1 aromatic rings. The summed E-state index contributed by atoms with van der Waals surface area (Å²) in [6.45, 7) is 3.73. The van der Waals surface area contributed by atoms with Crippen molar-refractivity contribution in [3.63, 3.8) is 0 Å². The molecular weight excluding hydrogens is 310 g/mol. The molecule has 6 heteroatoms. The molecule has 24 heavy (non-hydrogen) atoms. The molecule has 0 bridgehead atoms. The van der Waals surface area contributed by atoms with Crippen LogP contribution in [0.15, 0.2) is 29.8 Å². The number of ketones is 1. The van der Waals surface area contributed by atoms with E-state index in [0.717, 1.165) is 12.5 Å². The zero-order valence-corrected chi connectivity index (χ0v) is 13.6. The van der Waals surface area contributed by atoms with Crippen LogP contribution < -0.4 is 0 Å². The molecule has 1 unspecified atom stereocenters. The average molecular weight is 329 g/mol. The van der Waals surface area contributed by atoms with Crippen molar-refractivity contribution in [2.45, 2.75) is 39.2 Å². The smallest absolute Gasteiger partial charge is 0.380 e. The first kappa shape index (κ1) is 19.1. The van der Waals surface area contributed by atoms with Gasteiger partial charge in [-0.15, -0.1) is 0 Å². The van der Waals surface area contributed by atoms with Gasteiger partial charge in [0.1, 0.15) is 11.7 Å². The first-order chi connectivity index (χ1) is 11.4. The summed E-state index contributed by atoms with van der Waals surface area (Å²) in [5.41, 5.74) is -0.275. The van der Waals surface area contributed by atoms with Crippen LogP contribution in [0.5, 0.6) is 0 Å². The second kappa shape index (κ2) is 9.26. The van der Waals surface area contributed by atoms with Crippen LogP contribution in [0.3, 0.4) is 0 Å². The molecular formula is C18H19NO5. The summed E-state index contributed by atoms with van der Waals surface area (Å²) in [4.78, 5) is 35.4. The number of rotatable bonds is 8. The van der Waals surface area contributed by atoms with Crippen molar-refractivity contribution in [3.8, 4) is 6.07 Å². The second-order valence-corrected chi connectivity index (χ2v) is 5.12. The van der Waals surface area contributed by atoms with Crippen molar-refractivity contribution in [1.29, 1.82) is 5.26 Å². The molecule has 0 saturated carbocycles. The highest BCUT2D eigenvalue weighted by atomic mass is 16.5. The number of benzene rings is 1. The Hall–Kier alpha value is -2.94. The number of carboxylic acid groups (broad SMARTS) is 1. The Balaban J connectivity index is 3.10. The number of aliphatic carboxylic acids is 1. The molecule has 0 saturated heterocycles. The molecule has 1 aromatic carbocycles. The Kier molecular flexibility index (Phi) is 7.37. The number of carbonyl (C=O) groups is 3. The minimum atomic E-state index is -1.55. The maximum absolute atomic E-state index is 12.1. The highest BCUT2D eigenvalue weighted by molar-refractivity contribution is 6.47. The van der Waals surface area contributed by atoms with Gasteiger partial charge in [0.25, 0.3) is 5.78 Å². The third kappa shape index (κ3) is 5.06. The molecule has 1 atom stereocenters. The van der Waals surface area contributed by atoms with Crippen molar-refractivity contribution >= 4 is 23.8 Å². The summed E-state index contributed by atoms with van der Waals surface area (Å²) in [6, 6.07) is 8.10. The molecule has 0 radical (unpaired) electrons. The molecule has 0 heterocycles. The number of carbonyl (C=O) groups excluding carboxylic acids is 2. The molecule has 1 rings (SSSR count). The Morgan fingerprint density at radius 2 is 1.96 bits per heavy atom. The van der Waals surface area contributed by atoms with Crippen molar-refractivity contribution in [2.24, 2.45) is 0 Å². The molecule has 0 amide bonds. The maximum atomic E-state index is 12.1. The van der Waals surface area contributed by atoms with Crippen molar-refractivity contribution in [3.05, 3.63) is 41.0 Å². The molecule has 0 spiro atoms. The molecule has 0 aromatic heterocycles. The van der Waals surface area contributed by atoms with E-state index in [1.165, 1.54) is 12.1 Å². The lowest BCUT2D eigenvalue weighted by atomic mass is 10.0. The quantitative estimate of drug-likeness (QED) is 0.258. The van der Waals surface area contributed by atoms with E-state index in [2.05, 4.69) is 0 Å². The van der Waals surface area contributed by atoms with Gasteiger partial charge < -0.3 is 9.84 Å². The Morgan fingerprint density at radius 3 is 2.50 bits per heavy atom.